The zero-order valence-corrected chi connectivity index (χ0v) is 27.5. The van der Waals surface area contributed by atoms with Crippen LogP contribution in [0.3, 0.4) is 0 Å². The van der Waals surface area contributed by atoms with Gasteiger partial charge in [0, 0.05) is 5.56 Å². The van der Waals surface area contributed by atoms with E-state index in [9.17, 15) is 9.90 Å². The van der Waals surface area contributed by atoms with Gasteiger partial charge in [-0.25, -0.2) is 0 Å². The van der Waals surface area contributed by atoms with Gasteiger partial charge in [0.1, 0.15) is 23.1 Å². The largest absolute Gasteiger partial charge is 0.507 e. The Kier molecular flexibility index (Phi) is 16.3. The number of hydrogen-bond acceptors (Lipinski definition) is 4. The molecule has 1 aromatic carbocycles. The Labute approximate surface area is 246 Å². The van der Waals surface area contributed by atoms with Gasteiger partial charge >= 0.3 is 5.97 Å². The highest BCUT2D eigenvalue weighted by Crippen LogP contribution is 2.44. The van der Waals surface area contributed by atoms with Gasteiger partial charge in [0.15, 0.2) is 0 Å². The van der Waals surface area contributed by atoms with E-state index >= 15 is 0 Å². The topological polar surface area (TPSA) is 92.8 Å². The quantitative estimate of drug-likeness (QED) is 0.187. The van der Waals surface area contributed by atoms with Crippen molar-refractivity contribution in [2.45, 2.75) is 164 Å². The molecule has 1 aromatic rings. The van der Waals surface area contributed by atoms with Crippen LogP contribution in [0.15, 0.2) is 0 Å². The molecule has 4 atom stereocenters. The van der Waals surface area contributed by atoms with Crippen LogP contribution in [0.1, 0.15) is 147 Å². The molecule has 1 aliphatic rings. The first-order valence-corrected chi connectivity index (χ1v) is 16.2. The molecular weight excluding hydrogens is 498 g/mol. The van der Waals surface area contributed by atoms with Crippen molar-refractivity contribution in [1.82, 2.24) is 0 Å². The molecule has 0 fully saturated rings. The zero-order valence-electron chi connectivity index (χ0n) is 27.5. The number of carboxylic acid groups (broad SMARTS) is 1. The molecule has 40 heavy (non-hydrogen) atoms. The number of unbranched alkanes of at least 4 members (excludes halogenated alkanes) is 1. The van der Waals surface area contributed by atoms with Crippen molar-refractivity contribution in [3.8, 4) is 11.5 Å². The van der Waals surface area contributed by atoms with Crippen LogP contribution in [0.25, 0.3) is 0 Å². The lowest BCUT2D eigenvalue weighted by Gasteiger charge is -2.38. The fraction of sp³-hybridized carbons (Fsp3) is 0.800. The molecule has 0 aromatic heterocycles. The van der Waals surface area contributed by atoms with Crippen molar-refractivity contribution in [2.24, 2.45) is 23.5 Å². The fourth-order valence-corrected chi connectivity index (χ4v) is 5.82. The van der Waals surface area contributed by atoms with Gasteiger partial charge in [0.05, 0.1) is 0 Å². The number of benzene rings is 1. The van der Waals surface area contributed by atoms with Crippen LogP contribution in [0.5, 0.6) is 11.5 Å². The summed E-state index contributed by atoms with van der Waals surface area (Å²) in [5.74, 6) is 3.14. The number of aliphatic carboxylic acids is 1. The minimum absolute atomic E-state index is 0.0712. The van der Waals surface area contributed by atoms with Gasteiger partial charge < -0.3 is 20.7 Å². The number of carbonyl (C=O) groups is 1. The lowest BCUT2D eigenvalue weighted by atomic mass is 9.84. The molecule has 0 saturated heterocycles. The van der Waals surface area contributed by atoms with E-state index in [-0.39, 0.29) is 5.60 Å². The van der Waals surface area contributed by atoms with Gasteiger partial charge in [-0.2, -0.15) is 0 Å². The molecule has 0 aliphatic carbocycles. The molecular formula is C35H63NO4. The van der Waals surface area contributed by atoms with Crippen LogP contribution < -0.4 is 10.5 Å². The lowest BCUT2D eigenvalue weighted by molar-refractivity contribution is -0.138. The first-order valence-electron chi connectivity index (χ1n) is 16.2. The molecule has 0 spiro atoms. The highest BCUT2D eigenvalue weighted by Gasteiger charge is 2.34. The molecule has 5 heteroatoms. The number of nitrogens with two attached hydrogens (primary N) is 1. The average Bonchev–Trinajstić information content (AvgIpc) is 2.89. The molecule has 0 amide bonds. The predicted octanol–water partition coefficient (Wildman–Crippen LogP) is 9.43. The Morgan fingerprint density at radius 3 is 1.95 bits per heavy atom. The summed E-state index contributed by atoms with van der Waals surface area (Å²) in [6, 6.07) is -0.662. The third-order valence-electron chi connectivity index (χ3n) is 9.05. The van der Waals surface area contributed by atoms with E-state index in [0.29, 0.717) is 12.2 Å². The van der Waals surface area contributed by atoms with Crippen molar-refractivity contribution >= 4 is 5.97 Å². The van der Waals surface area contributed by atoms with Crippen LogP contribution >= 0.6 is 0 Å². The molecule has 0 bridgehead atoms. The number of aromatic hydroxyl groups is 1. The molecule has 2 rings (SSSR count). The monoisotopic (exact) mass is 561 g/mol. The van der Waals surface area contributed by atoms with Crippen molar-refractivity contribution in [2.75, 3.05) is 0 Å². The van der Waals surface area contributed by atoms with E-state index in [0.717, 1.165) is 72.3 Å². The van der Waals surface area contributed by atoms with E-state index < -0.39 is 12.0 Å². The van der Waals surface area contributed by atoms with Gasteiger partial charge in [0.25, 0.3) is 0 Å². The van der Waals surface area contributed by atoms with Crippen molar-refractivity contribution < 1.29 is 19.7 Å². The first-order chi connectivity index (χ1) is 18.7. The number of ether oxygens (including phenoxy) is 1. The lowest BCUT2D eigenvalue weighted by Crippen LogP contribution is -2.37. The van der Waals surface area contributed by atoms with E-state index in [1.807, 2.05) is 20.8 Å². The smallest absolute Gasteiger partial charge is 0.320 e. The summed E-state index contributed by atoms with van der Waals surface area (Å²) in [6.07, 6.45) is 16.5. The van der Waals surface area contributed by atoms with E-state index in [1.54, 1.807) is 0 Å². The first kappa shape index (κ1) is 36.3. The number of phenols is 1. The zero-order chi connectivity index (χ0) is 30.5. The van der Waals surface area contributed by atoms with E-state index in [4.69, 9.17) is 15.6 Å². The normalized spacial score (nSPS) is 18.8. The van der Waals surface area contributed by atoms with Crippen LogP contribution in [-0.2, 0) is 11.2 Å². The summed E-state index contributed by atoms with van der Waals surface area (Å²) in [5.41, 5.74) is 9.43. The number of phenolic OH excluding ortho intramolecular Hbond substituents is 1. The number of carboxylic acids is 1. The Balaban J connectivity index is 0.000000763. The molecule has 1 aliphatic heterocycles. The number of fused-ring (bicyclic) bond motifs is 1. The number of hydrogen-bond donors (Lipinski definition) is 3. The summed E-state index contributed by atoms with van der Waals surface area (Å²) in [5, 5.41) is 18.7. The fourth-order valence-electron chi connectivity index (χ4n) is 5.82. The van der Waals surface area contributed by atoms with Gasteiger partial charge in [-0.3, -0.25) is 4.79 Å². The van der Waals surface area contributed by atoms with Gasteiger partial charge in [-0.05, 0) is 94.2 Å². The Morgan fingerprint density at radius 2 is 1.43 bits per heavy atom. The van der Waals surface area contributed by atoms with Crippen LogP contribution in [-0.4, -0.2) is 27.8 Å². The average molecular weight is 562 g/mol. The Bertz CT molecular complexity index is 896. The van der Waals surface area contributed by atoms with Gasteiger partial charge in [-0.15, -0.1) is 0 Å². The summed E-state index contributed by atoms with van der Waals surface area (Å²) in [7, 11) is 0. The minimum Gasteiger partial charge on any atom is -0.507 e. The minimum atomic E-state index is -0.900. The van der Waals surface area contributed by atoms with Crippen LogP contribution in [0, 0.1) is 38.5 Å². The predicted molar refractivity (Wildman–Crippen MR) is 170 cm³/mol. The SMILES string of the molecule is CCCCC(N)C(=O)O.Cc1c(C)c2c(c(C)c1O)CC[C@@](C)(CCC[C@H](C)CCC[C@H](C)CCCC(C)C)O2. The highest BCUT2D eigenvalue weighted by molar-refractivity contribution is 5.72. The molecule has 1 unspecified atom stereocenters. The summed E-state index contributed by atoms with van der Waals surface area (Å²) >= 11 is 0. The van der Waals surface area contributed by atoms with Crippen molar-refractivity contribution in [3.63, 3.8) is 0 Å². The third-order valence-corrected chi connectivity index (χ3v) is 9.05. The Hall–Kier alpha value is -1.75. The maximum Gasteiger partial charge on any atom is 0.320 e. The second-order valence-electron chi connectivity index (χ2n) is 13.5. The summed E-state index contributed by atoms with van der Waals surface area (Å²) < 4.78 is 6.60. The maximum atomic E-state index is 10.4. The van der Waals surface area contributed by atoms with Crippen molar-refractivity contribution in [3.05, 3.63) is 22.3 Å². The second-order valence-corrected chi connectivity index (χ2v) is 13.5. The summed E-state index contributed by atoms with van der Waals surface area (Å²) in [6.45, 7) is 19.9. The molecule has 232 valence electrons. The maximum absolute atomic E-state index is 10.4. The molecule has 5 nitrogen and oxygen atoms in total. The highest BCUT2D eigenvalue weighted by atomic mass is 16.5. The standard InChI is InChI=1S/C29H50O2.C6H13NO2/c1-20(2)12-9-13-21(3)14-10-15-22(4)16-11-18-29(8)19-17-26-25(7)27(30)23(5)24(6)28(26)31-29;1-2-3-4-5(7)6(8)9/h20-22,30H,9-19H2,1-8H3;5H,2-4,7H2,1H3,(H,8,9)/t21-,22-,29-;/m1./s1. The third kappa shape index (κ3) is 12.4. The molecule has 4 N–H and O–H groups in total. The second kappa shape index (κ2) is 17.9. The summed E-state index contributed by atoms with van der Waals surface area (Å²) in [4.78, 5) is 10.1. The van der Waals surface area contributed by atoms with Crippen LogP contribution in [0.2, 0.25) is 0 Å². The van der Waals surface area contributed by atoms with Gasteiger partial charge in [-0.1, -0.05) is 92.4 Å². The molecule has 0 saturated carbocycles. The number of rotatable bonds is 16. The van der Waals surface area contributed by atoms with Gasteiger partial charge in [0.2, 0.25) is 0 Å². The van der Waals surface area contributed by atoms with Crippen molar-refractivity contribution in [1.29, 1.82) is 0 Å². The van der Waals surface area contributed by atoms with Crippen LogP contribution in [0.4, 0.5) is 0 Å². The Morgan fingerprint density at radius 1 is 0.875 bits per heavy atom. The van der Waals surface area contributed by atoms with E-state index in [2.05, 4.69) is 41.5 Å². The molecule has 0 radical (unpaired) electrons. The van der Waals surface area contributed by atoms with E-state index in [1.165, 1.54) is 56.9 Å². The molecule has 1 heterocycles.